The molecule has 0 radical (unpaired) electrons. The van der Waals surface area contributed by atoms with Crippen molar-refractivity contribution in [2.75, 3.05) is 6.54 Å². The summed E-state index contributed by atoms with van der Waals surface area (Å²) in [4.78, 5) is 11.7. The molecule has 0 spiro atoms. The van der Waals surface area contributed by atoms with Crippen LogP contribution in [-0.4, -0.2) is 29.7 Å². The van der Waals surface area contributed by atoms with Gasteiger partial charge in [0, 0.05) is 13.1 Å². The van der Waals surface area contributed by atoms with Gasteiger partial charge in [0.15, 0.2) is 0 Å². The first kappa shape index (κ1) is 13.3. The van der Waals surface area contributed by atoms with Gasteiger partial charge in [0.1, 0.15) is 5.82 Å². The molecule has 1 amide bonds. The molecule has 1 aliphatic heterocycles. The van der Waals surface area contributed by atoms with Crippen LogP contribution in [0.4, 0.5) is 4.39 Å². The van der Waals surface area contributed by atoms with Crippen LogP contribution >= 0.6 is 11.6 Å². The van der Waals surface area contributed by atoms with Crippen molar-refractivity contribution in [3.63, 3.8) is 0 Å². The zero-order valence-electron chi connectivity index (χ0n) is 9.62. The van der Waals surface area contributed by atoms with Gasteiger partial charge < -0.3 is 15.7 Å². The van der Waals surface area contributed by atoms with E-state index in [2.05, 4.69) is 10.6 Å². The average Bonchev–Trinajstić information content (AvgIpc) is 2.77. The van der Waals surface area contributed by atoms with Gasteiger partial charge in [-0.2, -0.15) is 0 Å². The number of carbonyl (C=O) groups is 1. The van der Waals surface area contributed by atoms with E-state index in [1.165, 1.54) is 12.1 Å². The highest BCUT2D eigenvalue weighted by Gasteiger charge is 2.27. The molecule has 3 N–H and O–H groups in total. The zero-order valence-corrected chi connectivity index (χ0v) is 10.4. The van der Waals surface area contributed by atoms with Gasteiger partial charge in [-0.1, -0.05) is 17.7 Å². The van der Waals surface area contributed by atoms with E-state index in [1.54, 1.807) is 6.07 Å². The molecule has 2 atom stereocenters. The number of benzene rings is 1. The van der Waals surface area contributed by atoms with Crippen molar-refractivity contribution in [3.05, 3.63) is 34.6 Å². The molecule has 0 unspecified atom stereocenters. The largest absolute Gasteiger partial charge is 0.392 e. The first-order chi connectivity index (χ1) is 8.56. The van der Waals surface area contributed by atoms with Gasteiger partial charge in [-0.25, -0.2) is 4.39 Å². The van der Waals surface area contributed by atoms with Gasteiger partial charge in [0.2, 0.25) is 5.91 Å². The second kappa shape index (κ2) is 5.65. The maximum absolute atomic E-state index is 12.9. The van der Waals surface area contributed by atoms with Crippen LogP contribution in [0.2, 0.25) is 5.02 Å². The molecule has 98 valence electrons. The lowest BCUT2D eigenvalue weighted by Crippen LogP contribution is -2.40. The number of amides is 1. The molecule has 18 heavy (non-hydrogen) atoms. The monoisotopic (exact) mass is 272 g/mol. The summed E-state index contributed by atoms with van der Waals surface area (Å²) in [5.41, 5.74) is 0.730. The van der Waals surface area contributed by atoms with E-state index in [0.29, 0.717) is 13.0 Å². The van der Waals surface area contributed by atoms with Crippen LogP contribution in [0, 0.1) is 5.82 Å². The van der Waals surface area contributed by atoms with Crippen LogP contribution in [0.5, 0.6) is 0 Å². The number of hydrogen-bond donors (Lipinski definition) is 3. The first-order valence-electron chi connectivity index (χ1n) is 5.69. The van der Waals surface area contributed by atoms with Crippen molar-refractivity contribution in [1.29, 1.82) is 0 Å². The summed E-state index contributed by atoms with van der Waals surface area (Å²) in [7, 11) is 0. The summed E-state index contributed by atoms with van der Waals surface area (Å²) in [6.45, 7) is 0.716. The number of rotatable bonds is 3. The van der Waals surface area contributed by atoms with Gasteiger partial charge in [0.25, 0.3) is 0 Å². The number of nitrogens with one attached hydrogen (secondary N) is 2. The molecule has 4 nitrogen and oxygen atoms in total. The molecule has 0 aromatic heterocycles. The van der Waals surface area contributed by atoms with Crippen molar-refractivity contribution in [3.8, 4) is 0 Å². The predicted octanol–water partition coefficient (Wildman–Crippen LogP) is 0.818. The number of halogens is 2. The van der Waals surface area contributed by atoms with Crippen LogP contribution in [0.3, 0.4) is 0 Å². The maximum atomic E-state index is 12.9. The molecule has 1 fully saturated rings. The van der Waals surface area contributed by atoms with E-state index < -0.39 is 11.9 Å². The summed E-state index contributed by atoms with van der Waals surface area (Å²) in [6, 6.07) is 3.95. The molecular weight excluding hydrogens is 259 g/mol. The fourth-order valence-electron chi connectivity index (χ4n) is 1.88. The Labute approximate surface area is 109 Å². The molecule has 0 aliphatic carbocycles. The topological polar surface area (TPSA) is 61.4 Å². The Bertz CT molecular complexity index is 456. The first-order valence-corrected chi connectivity index (χ1v) is 6.07. The van der Waals surface area contributed by atoms with E-state index in [4.69, 9.17) is 11.6 Å². The van der Waals surface area contributed by atoms with Gasteiger partial charge in [0.05, 0.1) is 17.2 Å². The highest BCUT2D eigenvalue weighted by atomic mass is 35.5. The van der Waals surface area contributed by atoms with E-state index >= 15 is 0 Å². The molecule has 1 aliphatic rings. The Hall–Kier alpha value is -1.17. The second-order valence-corrected chi connectivity index (χ2v) is 4.72. The number of aliphatic hydroxyl groups excluding tert-OH is 1. The Kier molecular flexibility index (Phi) is 4.16. The van der Waals surface area contributed by atoms with E-state index in [-0.39, 0.29) is 23.5 Å². The fraction of sp³-hybridized carbons (Fsp3) is 0.417. The zero-order chi connectivity index (χ0) is 13.1. The minimum Gasteiger partial charge on any atom is -0.392 e. The Balaban J connectivity index is 1.87. The Morgan fingerprint density at radius 3 is 3.00 bits per heavy atom. The van der Waals surface area contributed by atoms with Crippen molar-refractivity contribution in [2.24, 2.45) is 0 Å². The second-order valence-electron chi connectivity index (χ2n) is 4.32. The lowest BCUT2D eigenvalue weighted by molar-refractivity contribution is -0.123. The molecule has 2 rings (SSSR count). The summed E-state index contributed by atoms with van der Waals surface area (Å²) in [6.07, 6.45) is -0.0586. The van der Waals surface area contributed by atoms with Crippen molar-refractivity contribution in [2.45, 2.75) is 25.1 Å². The highest BCUT2D eigenvalue weighted by molar-refractivity contribution is 6.30. The van der Waals surface area contributed by atoms with Crippen molar-refractivity contribution in [1.82, 2.24) is 10.6 Å². The Morgan fingerprint density at radius 2 is 2.39 bits per heavy atom. The minimum atomic E-state index is -0.479. The maximum Gasteiger partial charge on any atom is 0.237 e. The SMILES string of the molecule is O=C(NCc1ccc(F)c(Cl)c1)[C@@H]1C[C@@H](O)CN1. The Morgan fingerprint density at radius 1 is 1.61 bits per heavy atom. The molecular formula is C12H14ClFN2O2. The van der Waals surface area contributed by atoms with Gasteiger partial charge in [-0.3, -0.25) is 4.79 Å². The van der Waals surface area contributed by atoms with E-state index in [1.807, 2.05) is 0 Å². The predicted molar refractivity (Wildman–Crippen MR) is 65.7 cm³/mol. The van der Waals surface area contributed by atoms with Gasteiger partial charge in [-0.05, 0) is 24.1 Å². The lowest BCUT2D eigenvalue weighted by Gasteiger charge is -2.11. The molecule has 1 saturated heterocycles. The summed E-state index contributed by atoms with van der Waals surface area (Å²) >= 11 is 5.64. The highest BCUT2D eigenvalue weighted by Crippen LogP contribution is 2.16. The van der Waals surface area contributed by atoms with Crippen LogP contribution < -0.4 is 10.6 Å². The third-order valence-electron chi connectivity index (χ3n) is 2.87. The number of β-amino-alcohol motifs (C(OH)–C–C–N with tert-alkyl or cyclic N) is 1. The molecule has 0 bridgehead atoms. The van der Waals surface area contributed by atoms with Crippen LogP contribution in [0.15, 0.2) is 18.2 Å². The number of aliphatic hydroxyl groups is 1. The molecule has 1 aromatic carbocycles. The summed E-state index contributed by atoms with van der Waals surface area (Å²) in [5, 5.41) is 15.0. The normalized spacial score (nSPS) is 23.1. The molecule has 6 heteroatoms. The average molecular weight is 273 g/mol. The molecule has 1 aromatic rings. The third kappa shape index (κ3) is 3.19. The third-order valence-corrected chi connectivity index (χ3v) is 3.16. The standard InChI is InChI=1S/C12H14ClFN2O2/c13-9-3-7(1-2-10(9)14)5-16-12(18)11-4-8(17)6-15-11/h1-3,8,11,15,17H,4-6H2,(H,16,18)/t8-,11+/m1/s1. The van der Waals surface area contributed by atoms with Crippen LogP contribution in [0.25, 0.3) is 0 Å². The van der Waals surface area contributed by atoms with E-state index in [9.17, 15) is 14.3 Å². The number of hydrogen-bond acceptors (Lipinski definition) is 3. The smallest absolute Gasteiger partial charge is 0.237 e. The van der Waals surface area contributed by atoms with Gasteiger partial charge >= 0.3 is 0 Å². The summed E-state index contributed by atoms with van der Waals surface area (Å²) < 4.78 is 12.9. The van der Waals surface area contributed by atoms with Crippen LogP contribution in [-0.2, 0) is 11.3 Å². The molecule has 1 heterocycles. The minimum absolute atomic E-state index is 0.0381. The van der Waals surface area contributed by atoms with Crippen LogP contribution in [0.1, 0.15) is 12.0 Å². The lowest BCUT2D eigenvalue weighted by atomic mass is 10.2. The molecule has 0 saturated carbocycles. The number of carbonyl (C=O) groups excluding carboxylic acids is 1. The van der Waals surface area contributed by atoms with Crippen molar-refractivity contribution >= 4 is 17.5 Å². The quantitative estimate of drug-likeness (QED) is 0.763. The van der Waals surface area contributed by atoms with Crippen molar-refractivity contribution < 1.29 is 14.3 Å². The summed E-state index contributed by atoms with van der Waals surface area (Å²) in [5.74, 6) is -0.653. The van der Waals surface area contributed by atoms with Gasteiger partial charge in [-0.15, -0.1) is 0 Å². The fourth-order valence-corrected chi connectivity index (χ4v) is 2.08. The van der Waals surface area contributed by atoms with E-state index in [0.717, 1.165) is 5.56 Å².